The van der Waals surface area contributed by atoms with E-state index in [1.165, 1.54) is 135 Å². The molecule has 0 N–H and O–H groups in total. The van der Waals surface area contributed by atoms with Crippen LogP contribution in [0.25, 0.3) is 0 Å². The van der Waals surface area contributed by atoms with Gasteiger partial charge in [0.15, 0.2) is 0 Å². The Kier molecular flexibility index (Phi) is 26.4. The summed E-state index contributed by atoms with van der Waals surface area (Å²) in [6, 6.07) is 0. The van der Waals surface area contributed by atoms with Crippen LogP contribution in [0, 0.1) is 118 Å². The molecule has 0 aliphatic heterocycles. The lowest BCUT2D eigenvalue weighted by atomic mass is 9.48. The summed E-state index contributed by atoms with van der Waals surface area (Å²) in [5.41, 5.74) is 1.16. The fraction of sp³-hybridized carbons (Fsp3) is 0.782. The summed E-state index contributed by atoms with van der Waals surface area (Å²) in [7, 11) is 0. The second-order valence-electron chi connectivity index (χ2n) is 36.4. The van der Waals surface area contributed by atoms with Crippen molar-refractivity contribution in [2.24, 2.45) is 118 Å². The van der Waals surface area contributed by atoms with E-state index in [4.69, 9.17) is 47.4 Å². The maximum atomic E-state index is 12.6. The third kappa shape index (κ3) is 19.2. The standard InChI is InChI=1S/C21H30O6.C18H26O4.C18H26O3.C17H24O3.C13H20O3/c1-13(2)20(24)26-7-6-25-18(22)4-5-19(23)27-21(3)16-9-14-8-15(11-16)12-17(21)10-14;1-11(2)17(20)21-5-4-16(19)22-18(3)14-7-12-6-13(9-14)10-15(18)8-12;1-9(2)18(19)21-10(3)20-15-8-13-7-14(15)17-12-5-4-11(6-12)16(13)17;1-11(2)16(19)20-4-3-15(18)17-8-12-5-13(9-17)7-14(6-12)10-17;1-8(2)13(14)16-9(3)15-12-7-10-4-5-11(12)6-10/h14-17H,1,4-12H2,2-3H3;12-15H,1,4-10H2,2-3H3;10-17H,1,4-8H2,2-3H3;12-14H,1,3-10H2,2H3;9-12H,1,4-7H2,2-3H3. The van der Waals surface area contributed by atoms with Crippen LogP contribution in [0.4, 0.5) is 0 Å². The Morgan fingerprint density at radius 2 is 0.736 bits per heavy atom. The maximum absolute atomic E-state index is 12.6. The first-order valence-electron chi connectivity index (χ1n) is 40.9. The summed E-state index contributed by atoms with van der Waals surface area (Å²) in [5, 5.41) is 0. The molecule has 0 spiro atoms. The molecule has 18 saturated carbocycles. The van der Waals surface area contributed by atoms with E-state index < -0.39 is 30.5 Å². The molecule has 18 aliphatic rings. The van der Waals surface area contributed by atoms with Crippen LogP contribution in [0.5, 0.6) is 0 Å². The number of carbonyl (C=O) groups excluding carboxylic acids is 9. The van der Waals surface area contributed by atoms with Crippen molar-refractivity contribution in [3.8, 4) is 0 Å². The van der Waals surface area contributed by atoms with E-state index in [2.05, 4.69) is 46.7 Å². The van der Waals surface area contributed by atoms with Crippen LogP contribution in [0.3, 0.4) is 0 Å². The molecule has 19 heteroatoms. The summed E-state index contributed by atoms with van der Waals surface area (Å²) in [6.07, 6.45) is 31.8. The van der Waals surface area contributed by atoms with Crippen molar-refractivity contribution >= 4 is 53.5 Å². The number of Topliss-reactive ketones (excluding diaryl/α,β-unsaturated/α-hetero) is 1. The van der Waals surface area contributed by atoms with Gasteiger partial charge in [-0.15, -0.1) is 0 Å². The smallest absolute Gasteiger partial charge is 0.335 e. The molecule has 0 aromatic heterocycles. The van der Waals surface area contributed by atoms with Gasteiger partial charge in [0.25, 0.3) is 0 Å². The van der Waals surface area contributed by atoms with Crippen LogP contribution in [0.15, 0.2) is 60.8 Å². The monoisotopic (exact) mass is 1470 g/mol. The summed E-state index contributed by atoms with van der Waals surface area (Å²) < 4.78 is 54.0. The quantitative estimate of drug-likeness (QED) is 0.0195. The molecule has 0 heterocycles. The van der Waals surface area contributed by atoms with Gasteiger partial charge >= 0.3 is 47.8 Å². The van der Waals surface area contributed by atoms with Gasteiger partial charge in [-0.1, -0.05) is 32.9 Å². The zero-order valence-electron chi connectivity index (χ0n) is 65.4. The highest BCUT2D eigenvalue weighted by Gasteiger charge is 2.64. The van der Waals surface area contributed by atoms with E-state index in [0.29, 0.717) is 81.9 Å². The molecule has 18 aliphatic carbocycles. The Morgan fingerprint density at radius 3 is 1.17 bits per heavy atom. The number of rotatable bonds is 26. The zero-order valence-corrected chi connectivity index (χ0v) is 65.4. The molecule has 0 amide bonds. The largest absolute Gasteiger partial charge is 0.462 e. The summed E-state index contributed by atoms with van der Waals surface area (Å²) in [5.74, 6) is 11.9. The van der Waals surface area contributed by atoms with Gasteiger partial charge in [0.1, 0.15) is 36.8 Å². The Labute approximate surface area is 630 Å². The normalized spacial score (nSPS) is 38.1. The molecule has 18 bridgehead atoms. The average molecular weight is 1480 g/mol. The lowest BCUT2D eigenvalue weighted by molar-refractivity contribution is -0.204. The van der Waals surface area contributed by atoms with Crippen LogP contribution < -0.4 is 0 Å². The molecular weight excluding hydrogens is 1350 g/mol. The highest BCUT2D eigenvalue weighted by molar-refractivity contribution is 5.89. The molecule has 12 atom stereocenters. The molecular formula is C87H126O19. The second kappa shape index (κ2) is 34.5. The highest BCUT2D eigenvalue weighted by Crippen LogP contribution is 2.68. The number of fused-ring (bicyclic) bond motifs is 11. The number of esters is 8. The highest BCUT2D eigenvalue weighted by atomic mass is 16.7. The Morgan fingerprint density at radius 1 is 0.349 bits per heavy atom. The van der Waals surface area contributed by atoms with Gasteiger partial charge in [-0.2, -0.15) is 0 Å². The third-order valence-electron chi connectivity index (χ3n) is 28.4. The topological polar surface area (TPSA) is 246 Å². The van der Waals surface area contributed by atoms with E-state index in [1.54, 1.807) is 41.5 Å². The van der Waals surface area contributed by atoms with E-state index in [1.807, 2.05) is 6.92 Å². The number of hydrogen-bond donors (Lipinski definition) is 0. The molecule has 0 aromatic carbocycles. The van der Waals surface area contributed by atoms with Crippen LogP contribution in [0.2, 0.25) is 0 Å². The van der Waals surface area contributed by atoms with Gasteiger partial charge in [0.2, 0.25) is 12.6 Å². The van der Waals surface area contributed by atoms with Crippen molar-refractivity contribution in [2.75, 3.05) is 26.4 Å². The molecule has 19 nitrogen and oxygen atoms in total. The number of ketones is 1. The van der Waals surface area contributed by atoms with Gasteiger partial charge in [-0.3, -0.25) is 19.2 Å². The molecule has 588 valence electrons. The Balaban J connectivity index is 0.000000133. The van der Waals surface area contributed by atoms with Gasteiger partial charge in [-0.05, 0) is 335 Å². The Bertz CT molecular complexity index is 3230. The zero-order chi connectivity index (χ0) is 76.3. The van der Waals surface area contributed by atoms with Crippen LogP contribution in [0.1, 0.15) is 249 Å². The number of hydrogen-bond acceptors (Lipinski definition) is 19. The SMILES string of the molecule is C=C(C)C(=O)OC(C)OC1CC2CC1C1C3CCC(C3)C21.C=C(C)C(=O)OC(C)OC1CC2CCC1C2.C=C(C)C(=O)OCCC(=O)C12CC3CC(CC(C3)C1)C2.C=C(C)C(=O)OCCC(=O)OC1(C)C2CC3CC(C2)CC1C3.C=C(C)C(=O)OCCOC(=O)CCC(=O)OC1(C)C2CC3CC(C2)CC1C3. The molecule has 0 saturated heterocycles. The molecule has 18 rings (SSSR count). The summed E-state index contributed by atoms with van der Waals surface area (Å²) in [6.45, 7) is 33.8. The van der Waals surface area contributed by atoms with Crippen molar-refractivity contribution in [1.29, 1.82) is 0 Å². The summed E-state index contributed by atoms with van der Waals surface area (Å²) >= 11 is 0. The summed E-state index contributed by atoms with van der Waals surface area (Å²) in [4.78, 5) is 106. The van der Waals surface area contributed by atoms with Crippen molar-refractivity contribution in [3.05, 3.63) is 60.8 Å². The van der Waals surface area contributed by atoms with Crippen molar-refractivity contribution in [1.82, 2.24) is 0 Å². The lowest BCUT2D eigenvalue weighted by Gasteiger charge is -2.59. The fourth-order valence-electron chi connectivity index (χ4n) is 24.3. The molecule has 106 heavy (non-hydrogen) atoms. The van der Waals surface area contributed by atoms with Gasteiger partial charge in [0, 0.05) is 39.7 Å². The van der Waals surface area contributed by atoms with Crippen LogP contribution in [-0.2, 0) is 90.5 Å². The fourth-order valence-corrected chi connectivity index (χ4v) is 24.3. The minimum absolute atomic E-state index is 0.0201. The third-order valence-corrected chi connectivity index (χ3v) is 28.4. The molecule has 0 aromatic rings. The van der Waals surface area contributed by atoms with Gasteiger partial charge in [0.05, 0.1) is 38.1 Å². The molecule has 12 unspecified atom stereocenters. The van der Waals surface area contributed by atoms with E-state index in [9.17, 15) is 43.2 Å². The molecule has 0 radical (unpaired) electrons. The van der Waals surface area contributed by atoms with Crippen LogP contribution >= 0.6 is 0 Å². The maximum Gasteiger partial charge on any atom is 0.335 e. The first-order chi connectivity index (χ1) is 50.2. The van der Waals surface area contributed by atoms with E-state index in [0.717, 1.165) is 109 Å². The second-order valence-corrected chi connectivity index (χ2v) is 36.4. The number of carbonyl (C=O) groups is 9. The van der Waals surface area contributed by atoms with E-state index >= 15 is 0 Å². The molecule has 18 fully saturated rings. The first kappa shape index (κ1) is 81.0. The predicted molar refractivity (Wildman–Crippen MR) is 395 cm³/mol. The van der Waals surface area contributed by atoms with Crippen molar-refractivity contribution < 1.29 is 90.5 Å². The first-order valence-corrected chi connectivity index (χ1v) is 40.9. The van der Waals surface area contributed by atoms with Gasteiger partial charge < -0.3 is 47.4 Å². The van der Waals surface area contributed by atoms with E-state index in [-0.39, 0.29) is 92.2 Å². The predicted octanol–water partition coefficient (Wildman–Crippen LogP) is 15.9. The van der Waals surface area contributed by atoms with Crippen molar-refractivity contribution in [2.45, 2.75) is 285 Å². The average Bonchev–Trinajstić information content (AvgIpc) is 1.44. The lowest BCUT2D eigenvalue weighted by Crippen LogP contribution is -2.58. The minimum atomic E-state index is -0.515. The van der Waals surface area contributed by atoms with Gasteiger partial charge in [-0.25, -0.2) is 24.0 Å². The van der Waals surface area contributed by atoms with Crippen LogP contribution in [-0.4, -0.2) is 116 Å². The van der Waals surface area contributed by atoms with Crippen molar-refractivity contribution in [3.63, 3.8) is 0 Å². The minimum Gasteiger partial charge on any atom is -0.462 e. The number of ether oxygens (including phenoxy) is 10. The Hall–Kier alpha value is -5.95.